The fourth-order valence-corrected chi connectivity index (χ4v) is 5.69. The number of methoxy groups -OCH3 is 1. The van der Waals surface area contributed by atoms with E-state index in [1.807, 2.05) is 42.5 Å². The fourth-order valence-electron chi connectivity index (χ4n) is 5.69. The second kappa shape index (κ2) is 11.9. The Balaban J connectivity index is 1.56. The van der Waals surface area contributed by atoms with Gasteiger partial charge in [0.05, 0.1) is 29.8 Å². The molecule has 0 spiro atoms. The minimum absolute atomic E-state index is 0.195. The quantitative estimate of drug-likeness (QED) is 0.141. The van der Waals surface area contributed by atoms with Gasteiger partial charge in [0.25, 0.3) is 0 Å². The van der Waals surface area contributed by atoms with Crippen LogP contribution < -0.4 is 10.1 Å². The summed E-state index contributed by atoms with van der Waals surface area (Å²) in [7, 11) is 1.66. The number of aliphatic hydroxyl groups excluding tert-OH is 1. The first-order valence-electron chi connectivity index (χ1n) is 13.8. The first-order valence-corrected chi connectivity index (χ1v) is 13.8. The van der Waals surface area contributed by atoms with E-state index in [1.54, 1.807) is 13.3 Å². The minimum Gasteiger partial charge on any atom is -0.497 e. The summed E-state index contributed by atoms with van der Waals surface area (Å²) in [6, 6.07) is 24.1. The number of benzene rings is 3. The molecular formula is C34H37N3O2. The predicted octanol–water partition coefficient (Wildman–Crippen LogP) is 7.38. The van der Waals surface area contributed by atoms with Crippen LogP contribution in [-0.4, -0.2) is 28.2 Å². The number of ether oxygens (including phenoxy) is 1. The van der Waals surface area contributed by atoms with E-state index < -0.39 is 6.10 Å². The minimum atomic E-state index is -0.743. The number of aliphatic hydroxyl groups is 1. The van der Waals surface area contributed by atoms with Crippen LogP contribution in [0.1, 0.15) is 43.9 Å². The van der Waals surface area contributed by atoms with Crippen molar-refractivity contribution in [3.05, 3.63) is 103 Å². The van der Waals surface area contributed by atoms with Crippen molar-refractivity contribution in [1.82, 2.24) is 15.3 Å². The lowest BCUT2D eigenvalue weighted by atomic mass is 9.83. The standard InChI is InChI=1S/C34H37N3O2/c1-5-22(3)23(6-2)19-33(34(38)27-17-18-35-30-16-15-24(39-4)20-28(27)30)36-21-29-25-11-7-9-13-31(25)37-32-14-10-8-12-26(29)32/h5,7-18,20,22-23,33-34,36,38H,1,6,19,21H2,2-4H3. The average molecular weight is 520 g/mol. The van der Waals surface area contributed by atoms with Gasteiger partial charge in [-0.25, -0.2) is 4.98 Å². The topological polar surface area (TPSA) is 67.3 Å². The van der Waals surface area contributed by atoms with Gasteiger partial charge in [-0.2, -0.15) is 0 Å². The second-order valence-electron chi connectivity index (χ2n) is 10.3. The molecule has 0 saturated heterocycles. The number of nitrogens with one attached hydrogen (secondary N) is 1. The molecular weight excluding hydrogens is 482 g/mol. The van der Waals surface area contributed by atoms with Crippen molar-refractivity contribution in [1.29, 1.82) is 0 Å². The number of para-hydroxylation sites is 2. The van der Waals surface area contributed by atoms with Gasteiger partial charge in [-0.3, -0.25) is 4.98 Å². The summed E-state index contributed by atoms with van der Waals surface area (Å²) in [4.78, 5) is 9.42. The van der Waals surface area contributed by atoms with Crippen molar-refractivity contribution in [2.45, 2.75) is 45.4 Å². The number of allylic oxidation sites excluding steroid dienone is 1. The van der Waals surface area contributed by atoms with E-state index in [4.69, 9.17) is 9.72 Å². The van der Waals surface area contributed by atoms with Crippen LogP contribution in [0.3, 0.4) is 0 Å². The lowest BCUT2D eigenvalue weighted by molar-refractivity contribution is 0.109. The third-order valence-electron chi connectivity index (χ3n) is 8.12. The Labute approximate surface area is 230 Å². The number of pyridine rings is 2. The Morgan fingerprint density at radius 2 is 1.64 bits per heavy atom. The summed E-state index contributed by atoms with van der Waals surface area (Å²) in [5, 5.41) is 18.9. The SMILES string of the molecule is C=CC(C)C(CC)CC(NCc1c2ccccc2nc2ccccc12)C(O)c1ccnc2ccc(OC)cc12. The van der Waals surface area contributed by atoms with Gasteiger partial charge in [0.2, 0.25) is 0 Å². The molecule has 0 fully saturated rings. The van der Waals surface area contributed by atoms with Crippen molar-refractivity contribution in [2.75, 3.05) is 7.11 Å². The largest absolute Gasteiger partial charge is 0.497 e. The van der Waals surface area contributed by atoms with Gasteiger partial charge in [-0.1, -0.05) is 62.7 Å². The van der Waals surface area contributed by atoms with Crippen LogP contribution in [-0.2, 0) is 6.54 Å². The highest BCUT2D eigenvalue weighted by Gasteiger charge is 2.27. The molecule has 2 aromatic heterocycles. The van der Waals surface area contributed by atoms with Gasteiger partial charge in [-0.15, -0.1) is 6.58 Å². The number of fused-ring (bicyclic) bond motifs is 3. The third kappa shape index (κ3) is 5.51. The lowest BCUT2D eigenvalue weighted by Gasteiger charge is -2.31. The van der Waals surface area contributed by atoms with Crippen molar-refractivity contribution in [3.8, 4) is 5.75 Å². The van der Waals surface area contributed by atoms with Crippen LogP contribution in [0, 0.1) is 11.8 Å². The van der Waals surface area contributed by atoms with Gasteiger partial charge in [-0.05, 0) is 65.8 Å². The van der Waals surface area contributed by atoms with Crippen LogP contribution >= 0.6 is 0 Å². The molecule has 39 heavy (non-hydrogen) atoms. The van der Waals surface area contributed by atoms with Gasteiger partial charge in [0.15, 0.2) is 0 Å². The molecule has 0 amide bonds. The summed E-state index contributed by atoms with van der Waals surface area (Å²) < 4.78 is 5.49. The Morgan fingerprint density at radius 1 is 0.949 bits per heavy atom. The molecule has 2 heterocycles. The van der Waals surface area contributed by atoms with E-state index in [9.17, 15) is 5.11 Å². The van der Waals surface area contributed by atoms with Crippen LogP contribution in [0.15, 0.2) is 91.6 Å². The van der Waals surface area contributed by atoms with E-state index >= 15 is 0 Å². The van der Waals surface area contributed by atoms with Crippen molar-refractivity contribution < 1.29 is 9.84 Å². The van der Waals surface area contributed by atoms with Crippen LogP contribution in [0.4, 0.5) is 0 Å². The first-order chi connectivity index (χ1) is 19.0. The van der Waals surface area contributed by atoms with E-state index in [2.05, 4.69) is 67.1 Å². The molecule has 5 rings (SSSR count). The van der Waals surface area contributed by atoms with Crippen LogP contribution in [0.5, 0.6) is 5.75 Å². The predicted molar refractivity (Wildman–Crippen MR) is 161 cm³/mol. The molecule has 0 aliphatic rings. The zero-order valence-electron chi connectivity index (χ0n) is 23.0. The molecule has 4 unspecified atom stereocenters. The third-order valence-corrected chi connectivity index (χ3v) is 8.12. The molecule has 0 aliphatic heterocycles. The molecule has 4 atom stereocenters. The van der Waals surface area contributed by atoms with Crippen LogP contribution in [0.2, 0.25) is 0 Å². The Bertz CT molecular complexity index is 1540. The molecule has 0 radical (unpaired) electrons. The highest BCUT2D eigenvalue weighted by atomic mass is 16.5. The highest BCUT2D eigenvalue weighted by Crippen LogP contribution is 2.33. The maximum Gasteiger partial charge on any atom is 0.119 e. The van der Waals surface area contributed by atoms with E-state index in [0.717, 1.165) is 56.9 Å². The highest BCUT2D eigenvalue weighted by molar-refractivity contribution is 5.97. The van der Waals surface area contributed by atoms with Crippen molar-refractivity contribution in [3.63, 3.8) is 0 Å². The van der Waals surface area contributed by atoms with Crippen molar-refractivity contribution >= 4 is 32.7 Å². The maximum absolute atomic E-state index is 12.0. The molecule has 0 saturated carbocycles. The van der Waals surface area contributed by atoms with E-state index in [0.29, 0.717) is 18.4 Å². The molecule has 5 nitrogen and oxygen atoms in total. The lowest BCUT2D eigenvalue weighted by Crippen LogP contribution is -2.37. The molecule has 200 valence electrons. The zero-order valence-corrected chi connectivity index (χ0v) is 23.0. The van der Waals surface area contributed by atoms with E-state index in [1.165, 1.54) is 5.56 Å². The molecule has 2 N–H and O–H groups in total. The second-order valence-corrected chi connectivity index (χ2v) is 10.3. The van der Waals surface area contributed by atoms with Crippen molar-refractivity contribution in [2.24, 2.45) is 11.8 Å². The number of hydrogen-bond acceptors (Lipinski definition) is 5. The summed E-state index contributed by atoms with van der Waals surface area (Å²) in [5.74, 6) is 1.46. The van der Waals surface area contributed by atoms with Crippen LogP contribution in [0.25, 0.3) is 32.7 Å². The monoisotopic (exact) mass is 519 g/mol. The number of hydrogen-bond donors (Lipinski definition) is 2. The average Bonchev–Trinajstić information content (AvgIpc) is 2.99. The molecule has 5 aromatic rings. The molecule has 3 aromatic carbocycles. The maximum atomic E-state index is 12.0. The summed E-state index contributed by atoms with van der Waals surface area (Å²) in [6.45, 7) is 9.08. The molecule has 5 heteroatoms. The van der Waals surface area contributed by atoms with Gasteiger partial charge in [0, 0.05) is 34.9 Å². The number of aromatic nitrogens is 2. The normalized spacial score (nSPS) is 14.8. The number of rotatable bonds is 11. The molecule has 0 aliphatic carbocycles. The van der Waals surface area contributed by atoms with Gasteiger partial charge < -0.3 is 15.2 Å². The summed E-state index contributed by atoms with van der Waals surface area (Å²) in [6.07, 6.45) is 4.86. The smallest absolute Gasteiger partial charge is 0.119 e. The van der Waals surface area contributed by atoms with Gasteiger partial charge >= 0.3 is 0 Å². The van der Waals surface area contributed by atoms with E-state index in [-0.39, 0.29) is 6.04 Å². The number of nitrogens with zero attached hydrogens (tertiary/aromatic N) is 2. The Morgan fingerprint density at radius 3 is 2.28 bits per heavy atom. The first kappa shape index (κ1) is 26.8. The zero-order chi connectivity index (χ0) is 27.4. The Kier molecular flexibility index (Phi) is 8.20. The Hall–Kier alpha value is -3.80. The summed E-state index contributed by atoms with van der Waals surface area (Å²) >= 11 is 0. The fraction of sp³-hybridized carbons (Fsp3) is 0.294. The van der Waals surface area contributed by atoms with Gasteiger partial charge in [0.1, 0.15) is 5.75 Å². The summed E-state index contributed by atoms with van der Waals surface area (Å²) in [5.41, 5.74) is 4.83. The molecule has 0 bridgehead atoms.